The molecular weight excluding hydrogens is 452 g/mol. The second-order valence-corrected chi connectivity index (χ2v) is 8.89. The van der Waals surface area contributed by atoms with E-state index >= 15 is 0 Å². The summed E-state index contributed by atoms with van der Waals surface area (Å²) in [6, 6.07) is 11.9. The van der Waals surface area contributed by atoms with Crippen LogP contribution in [0.3, 0.4) is 0 Å². The summed E-state index contributed by atoms with van der Waals surface area (Å²) < 4.78 is 40.7. The van der Waals surface area contributed by atoms with Gasteiger partial charge < -0.3 is 11.1 Å². The molecule has 0 saturated heterocycles. The first-order valence-corrected chi connectivity index (χ1v) is 10.8. The third-order valence-electron chi connectivity index (χ3n) is 4.20. The van der Waals surface area contributed by atoms with E-state index in [1.54, 1.807) is 6.92 Å². The molecule has 30 heavy (non-hydrogen) atoms. The number of amides is 1. The van der Waals surface area contributed by atoms with Gasteiger partial charge in [0, 0.05) is 16.9 Å². The van der Waals surface area contributed by atoms with Crippen molar-refractivity contribution >= 4 is 56.2 Å². The zero-order chi connectivity index (χ0) is 22.1. The molecule has 3 rings (SSSR count). The molecule has 0 aliphatic heterocycles. The number of carbonyl (C=O) groups is 1. The van der Waals surface area contributed by atoms with Crippen LogP contribution in [0.5, 0.6) is 0 Å². The summed E-state index contributed by atoms with van der Waals surface area (Å²) in [5.41, 5.74) is 7.06. The van der Waals surface area contributed by atoms with Crippen molar-refractivity contribution in [3.8, 4) is 0 Å². The number of anilines is 3. The van der Waals surface area contributed by atoms with Crippen LogP contribution < -0.4 is 15.8 Å². The second kappa shape index (κ2) is 8.51. The summed E-state index contributed by atoms with van der Waals surface area (Å²) in [6.45, 7) is 1.67. The summed E-state index contributed by atoms with van der Waals surface area (Å²) in [5, 5.41) is 2.97. The molecule has 0 aliphatic carbocycles. The lowest BCUT2D eigenvalue weighted by molar-refractivity contribution is 0.102. The Morgan fingerprint density at radius 1 is 0.967 bits per heavy atom. The number of nitrogens with two attached hydrogens (primary N) is 1. The Kier molecular flexibility index (Phi) is 6.21. The van der Waals surface area contributed by atoms with Crippen LogP contribution in [0.2, 0.25) is 10.0 Å². The van der Waals surface area contributed by atoms with Crippen LogP contribution in [0.25, 0.3) is 0 Å². The van der Waals surface area contributed by atoms with Crippen molar-refractivity contribution in [3.05, 3.63) is 81.6 Å². The van der Waals surface area contributed by atoms with Crippen LogP contribution in [0.15, 0.2) is 59.5 Å². The fraction of sp³-hybridized carbons (Fsp3) is 0.0500. The summed E-state index contributed by atoms with van der Waals surface area (Å²) in [4.78, 5) is 12.6. The van der Waals surface area contributed by atoms with E-state index in [1.807, 2.05) is 0 Å². The Balaban J connectivity index is 1.89. The molecule has 0 spiro atoms. The highest BCUT2D eigenvalue weighted by Gasteiger charge is 2.19. The van der Waals surface area contributed by atoms with Gasteiger partial charge in [0.2, 0.25) is 0 Å². The van der Waals surface area contributed by atoms with E-state index in [0.717, 1.165) is 12.1 Å². The highest BCUT2D eigenvalue weighted by Crippen LogP contribution is 2.31. The Morgan fingerprint density at radius 3 is 2.17 bits per heavy atom. The average Bonchev–Trinajstić information content (AvgIpc) is 2.67. The third kappa shape index (κ3) is 4.84. The molecule has 3 aromatic carbocycles. The fourth-order valence-corrected chi connectivity index (χ4v) is 4.17. The molecule has 3 aromatic rings. The maximum absolute atomic E-state index is 13.0. The topological polar surface area (TPSA) is 101 Å². The Morgan fingerprint density at radius 2 is 1.57 bits per heavy atom. The quantitative estimate of drug-likeness (QED) is 0.455. The second-order valence-electron chi connectivity index (χ2n) is 6.40. The number of sulfonamides is 1. The molecule has 10 heteroatoms. The molecule has 0 aromatic heterocycles. The van der Waals surface area contributed by atoms with Gasteiger partial charge in [0.05, 0.1) is 20.6 Å². The van der Waals surface area contributed by atoms with E-state index in [4.69, 9.17) is 28.9 Å². The number of carbonyl (C=O) groups excluding carboxylic acids is 1. The first-order valence-electron chi connectivity index (χ1n) is 8.52. The van der Waals surface area contributed by atoms with Crippen LogP contribution in [0, 0.1) is 12.7 Å². The molecule has 4 N–H and O–H groups in total. The van der Waals surface area contributed by atoms with Crippen LogP contribution in [-0.2, 0) is 10.0 Å². The molecule has 0 saturated carbocycles. The summed E-state index contributed by atoms with van der Waals surface area (Å²) in [5.74, 6) is -1.04. The number of hydrogen-bond acceptors (Lipinski definition) is 4. The van der Waals surface area contributed by atoms with Gasteiger partial charge in [0.25, 0.3) is 15.9 Å². The van der Waals surface area contributed by atoms with E-state index in [-0.39, 0.29) is 31.9 Å². The number of hydrogen-bond donors (Lipinski definition) is 3. The molecule has 0 radical (unpaired) electrons. The van der Waals surface area contributed by atoms with Crippen LogP contribution in [0.1, 0.15) is 15.9 Å². The SMILES string of the molecule is Cc1ccc(S(=O)(=O)Nc2ccc(F)cc2)cc1C(=O)Nc1cc(Cl)c(N)c(Cl)c1. The van der Waals surface area contributed by atoms with Crippen molar-refractivity contribution in [2.75, 3.05) is 15.8 Å². The number of nitrogen functional groups attached to an aromatic ring is 1. The van der Waals surface area contributed by atoms with Gasteiger partial charge in [-0.05, 0) is 61.0 Å². The molecule has 0 heterocycles. The molecule has 0 atom stereocenters. The number of aryl methyl sites for hydroxylation is 1. The van der Waals surface area contributed by atoms with Gasteiger partial charge in [-0.15, -0.1) is 0 Å². The predicted octanol–water partition coefficient (Wildman–Crippen LogP) is 5.08. The molecule has 0 aliphatic rings. The first kappa shape index (κ1) is 21.9. The lowest BCUT2D eigenvalue weighted by atomic mass is 10.1. The molecule has 0 bridgehead atoms. The number of benzene rings is 3. The van der Waals surface area contributed by atoms with Gasteiger partial charge in [-0.2, -0.15) is 0 Å². The molecular formula is C20H16Cl2FN3O3S. The molecule has 0 unspecified atom stereocenters. The number of halogens is 3. The van der Waals surface area contributed by atoms with Crippen molar-refractivity contribution in [1.29, 1.82) is 0 Å². The number of nitrogens with one attached hydrogen (secondary N) is 2. The minimum atomic E-state index is -4.00. The van der Waals surface area contributed by atoms with E-state index < -0.39 is 21.7 Å². The smallest absolute Gasteiger partial charge is 0.261 e. The lowest BCUT2D eigenvalue weighted by Crippen LogP contribution is -2.17. The van der Waals surface area contributed by atoms with Crippen molar-refractivity contribution in [1.82, 2.24) is 0 Å². The fourth-order valence-electron chi connectivity index (χ4n) is 2.60. The summed E-state index contributed by atoms with van der Waals surface area (Å²) in [6.07, 6.45) is 0. The molecule has 156 valence electrons. The number of rotatable bonds is 5. The highest BCUT2D eigenvalue weighted by atomic mass is 35.5. The monoisotopic (exact) mass is 467 g/mol. The van der Waals surface area contributed by atoms with Crippen molar-refractivity contribution in [2.45, 2.75) is 11.8 Å². The largest absolute Gasteiger partial charge is 0.396 e. The van der Waals surface area contributed by atoms with Gasteiger partial charge in [0.15, 0.2) is 0 Å². The van der Waals surface area contributed by atoms with Crippen LogP contribution >= 0.6 is 23.2 Å². The first-order chi connectivity index (χ1) is 14.1. The van der Waals surface area contributed by atoms with Gasteiger partial charge in [-0.3, -0.25) is 9.52 Å². The van der Waals surface area contributed by atoms with E-state index in [2.05, 4.69) is 10.0 Å². The van der Waals surface area contributed by atoms with Gasteiger partial charge >= 0.3 is 0 Å². The summed E-state index contributed by atoms with van der Waals surface area (Å²) in [7, 11) is -4.00. The predicted molar refractivity (Wildman–Crippen MR) is 117 cm³/mol. The van der Waals surface area contributed by atoms with Crippen molar-refractivity contribution in [2.24, 2.45) is 0 Å². The third-order valence-corrected chi connectivity index (χ3v) is 6.20. The maximum atomic E-state index is 13.0. The molecule has 1 amide bonds. The van der Waals surface area contributed by atoms with Crippen molar-refractivity contribution < 1.29 is 17.6 Å². The molecule has 6 nitrogen and oxygen atoms in total. The van der Waals surface area contributed by atoms with Gasteiger partial charge in [-0.25, -0.2) is 12.8 Å². The standard InChI is InChI=1S/C20H16Cl2FN3O3S/c1-11-2-7-15(30(28,29)26-13-5-3-12(23)4-6-13)10-16(11)20(27)25-14-8-17(21)19(24)18(22)9-14/h2-10,26H,24H2,1H3,(H,25,27). The highest BCUT2D eigenvalue weighted by molar-refractivity contribution is 7.92. The normalized spacial score (nSPS) is 11.2. The lowest BCUT2D eigenvalue weighted by Gasteiger charge is -2.13. The average molecular weight is 468 g/mol. The summed E-state index contributed by atoms with van der Waals surface area (Å²) >= 11 is 12.0. The van der Waals surface area contributed by atoms with Crippen LogP contribution in [-0.4, -0.2) is 14.3 Å². The maximum Gasteiger partial charge on any atom is 0.261 e. The molecule has 0 fully saturated rings. The van der Waals surface area contributed by atoms with Crippen molar-refractivity contribution in [3.63, 3.8) is 0 Å². The minimum absolute atomic E-state index is 0.129. The van der Waals surface area contributed by atoms with Crippen LogP contribution in [0.4, 0.5) is 21.5 Å². The minimum Gasteiger partial charge on any atom is -0.396 e. The zero-order valence-corrected chi connectivity index (χ0v) is 17.9. The Labute approximate surface area is 182 Å². The van der Waals surface area contributed by atoms with Gasteiger partial charge in [0.1, 0.15) is 5.82 Å². The zero-order valence-electron chi connectivity index (χ0n) is 15.5. The van der Waals surface area contributed by atoms with Gasteiger partial charge in [-0.1, -0.05) is 29.3 Å². The van der Waals surface area contributed by atoms with E-state index in [0.29, 0.717) is 11.3 Å². The Hall–Kier alpha value is -2.81. The van der Waals surface area contributed by atoms with E-state index in [1.165, 1.54) is 42.5 Å². The van der Waals surface area contributed by atoms with E-state index in [9.17, 15) is 17.6 Å². The Bertz CT molecular complexity index is 1210.